The van der Waals surface area contributed by atoms with Crippen LogP contribution in [0.25, 0.3) is 0 Å². The Kier molecular flexibility index (Phi) is 5.66. The van der Waals surface area contributed by atoms with Crippen molar-refractivity contribution in [2.45, 2.75) is 38.4 Å². The topological polar surface area (TPSA) is 37.3 Å². The maximum atomic E-state index is 13.3. The number of rotatable bonds is 6. The number of hydrogen-bond donors (Lipinski definition) is 1. The first-order valence-electron chi connectivity index (χ1n) is 8.87. The van der Waals surface area contributed by atoms with Crippen LogP contribution in [-0.2, 0) is 25.9 Å². The van der Waals surface area contributed by atoms with Gasteiger partial charge in [-0.25, -0.2) is 4.39 Å². The van der Waals surface area contributed by atoms with Crippen molar-refractivity contribution in [3.05, 3.63) is 69.4 Å². The molecular weight excluding hydrogens is 317 g/mol. The van der Waals surface area contributed by atoms with Crippen molar-refractivity contribution in [3.63, 3.8) is 0 Å². The Hall–Kier alpha value is -1.98. The molecule has 0 saturated heterocycles. The van der Waals surface area contributed by atoms with Crippen LogP contribution in [-0.4, -0.2) is 36.1 Å². The van der Waals surface area contributed by atoms with Gasteiger partial charge in [-0.05, 0) is 56.6 Å². The molecule has 1 aromatic carbocycles. The van der Waals surface area contributed by atoms with Gasteiger partial charge in [0.1, 0.15) is 5.82 Å². The number of halogens is 1. The fraction of sp³-hybridized carbons (Fsp3) is 0.450. The summed E-state index contributed by atoms with van der Waals surface area (Å²) >= 11 is 0. The predicted octanol–water partition coefficient (Wildman–Crippen LogP) is 2.20. The normalized spacial score (nSPS) is 16.9. The number of aromatic nitrogens is 1. The van der Waals surface area contributed by atoms with E-state index >= 15 is 0 Å². The minimum absolute atomic E-state index is 0.0896. The summed E-state index contributed by atoms with van der Waals surface area (Å²) in [6, 6.07) is 10.7. The van der Waals surface area contributed by atoms with E-state index in [0.717, 1.165) is 37.9 Å². The number of fused-ring (bicyclic) bond motifs is 1. The van der Waals surface area contributed by atoms with Crippen LogP contribution in [0.3, 0.4) is 0 Å². The molecule has 0 fully saturated rings. The summed E-state index contributed by atoms with van der Waals surface area (Å²) < 4.78 is 15.2. The highest BCUT2D eigenvalue weighted by Gasteiger charge is 2.21. The minimum atomic E-state index is -0.196. The first kappa shape index (κ1) is 17.8. The quantitative estimate of drug-likeness (QED) is 0.874. The fourth-order valence-electron chi connectivity index (χ4n) is 3.45. The average molecular weight is 343 g/mol. The molecule has 1 aromatic heterocycles. The van der Waals surface area contributed by atoms with E-state index in [2.05, 4.69) is 10.2 Å². The molecule has 1 N–H and O–H groups in total. The second-order valence-electron chi connectivity index (χ2n) is 7.05. The lowest BCUT2D eigenvalue weighted by Crippen LogP contribution is -2.37. The van der Waals surface area contributed by atoms with Crippen LogP contribution in [0.4, 0.5) is 4.39 Å². The van der Waals surface area contributed by atoms with Crippen molar-refractivity contribution in [3.8, 4) is 0 Å². The maximum absolute atomic E-state index is 13.3. The van der Waals surface area contributed by atoms with Gasteiger partial charge >= 0.3 is 0 Å². The van der Waals surface area contributed by atoms with E-state index in [9.17, 15) is 9.18 Å². The molecule has 0 aliphatic heterocycles. The van der Waals surface area contributed by atoms with Gasteiger partial charge in [0.25, 0.3) is 5.56 Å². The number of pyridine rings is 1. The van der Waals surface area contributed by atoms with Crippen molar-refractivity contribution in [2.75, 3.05) is 20.6 Å². The Morgan fingerprint density at radius 2 is 2.12 bits per heavy atom. The van der Waals surface area contributed by atoms with Gasteiger partial charge in [0.05, 0.1) is 0 Å². The number of hydrogen-bond acceptors (Lipinski definition) is 3. The Labute approximate surface area is 148 Å². The van der Waals surface area contributed by atoms with Crippen LogP contribution in [0.2, 0.25) is 0 Å². The molecule has 1 aliphatic carbocycles. The average Bonchev–Trinajstić information content (AvgIpc) is 2.59. The second-order valence-corrected chi connectivity index (χ2v) is 7.05. The van der Waals surface area contributed by atoms with Crippen molar-refractivity contribution in [2.24, 2.45) is 0 Å². The van der Waals surface area contributed by atoms with E-state index in [1.54, 1.807) is 18.2 Å². The summed E-state index contributed by atoms with van der Waals surface area (Å²) in [6.07, 6.45) is 2.81. The lowest BCUT2D eigenvalue weighted by Gasteiger charge is -2.28. The molecule has 134 valence electrons. The zero-order chi connectivity index (χ0) is 17.8. The van der Waals surface area contributed by atoms with Crippen LogP contribution in [0, 0.1) is 5.82 Å². The molecule has 0 unspecified atom stereocenters. The third kappa shape index (κ3) is 4.55. The molecule has 0 amide bonds. The Morgan fingerprint density at radius 1 is 1.28 bits per heavy atom. The van der Waals surface area contributed by atoms with Gasteiger partial charge in [-0.3, -0.25) is 4.79 Å². The van der Waals surface area contributed by atoms with Crippen molar-refractivity contribution >= 4 is 0 Å². The monoisotopic (exact) mass is 343 g/mol. The molecule has 1 heterocycles. The van der Waals surface area contributed by atoms with Crippen molar-refractivity contribution in [1.82, 2.24) is 14.8 Å². The zero-order valence-electron chi connectivity index (χ0n) is 15.0. The third-order valence-corrected chi connectivity index (χ3v) is 4.84. The number of nitrogens with zero attached hydrogens (tertiary/aromatic N) is 2. The summed E-state index contributed by atoms with van der Waals surface area (Å²) in [4.78, 5) is 14.3. The number of nitrogens with one attached hydrogen (secondary N) is 1. The van der Waals surface area contributed by atoms with Gasteiger partial charge in [0.15, 0.2) is 0 Å². The van der Waals surface area contributed by atoms with Crippen LogP contribution < -0.4 is 10.9 Å². The number of likely N-dealkylation sites (N-methyl/N-ethyl adjacent to an activating group) is 1. The predicted molar refractivity (Wildman–Crippen MR) is 98.3 cm³/mol. The van der Waals surface area contributed by atoms with E-state index in [1.807, 2.05) is 30.8 Å². The van der Waals surface area contributed by atoms with E-state index in [0.29, 0.717) is 12.6 Å². The van der Waals surface area contributed by atoms with E-state index in [-0.39, 0.29) is 11.4 Å². The molecule has 1 atom stereocenters. The standard InChI is InChI=1S/C20H26FN3O/c1-23(2)10-11-24-19-8-7-18(13-16(19)6-9-20(24)25)22-14-15-4-3-5-17(21)12-15/h3-6,9,12,18,22H,7-8,10-11,13-14H2,1-2H3/t18-/m1/s1. The lowest BCUT2D eigenvalue weighted by molar-refractivity contribution is 0.370. The molecule has 2 aromatic rings. The summed E-state index contributed by atoms with van der Waals surface area (Å²) in [6.45, 7) is 2.26. The van der Waals surface area contributed by atoms with Crippen molar-refractivity contribution < 1.29 is 4.39 Å². The molecule has 0 saturated carbocycles. The number of benzene rings is 1. The molecule has 5 heteroatoms. The van der Waals surface area contributed by atoms with Gasteiger partial charge in [-0.15, -0.1) is 0 Å². The van der Waals surface area contributed by atoms with Crippen LogP contribution in [0.5, 0.6) is 0 Å². The highest BCUT2D eigenvalue weighted by Crippen LogP contribution is 2.20. The molecular formula is C20H26FN3O. The highest BCUT2D eigenvalue weighted by molar-refractivity contribution is 5.26. The van der Waals surface area contributed by atoms with Crippen molar-refractivity contribution in [1.29, 1.82) is 0 Å². The zero-order valence-corrected chi connectivity index (χ0v) is 15.0. The maximum Gasteiger partial charge on any atom is 0.250 e. The summed E-state index contributed by atoms with van der Waals surface area (Å²) in [7, 11) is 4.04. The first-order chi connectivity index (χ1) is 12.0. The van der Waals surface area contributed by atoms with Crippen LogP contribution in [0.15, 0.2) is 41.2 Å². The van der Waals surface area contributed by atoms with Gasteiger partial charge in [-0.1, -0.05) is 18.2 Å². The van der Waals surface area contributed by atoms with Crippen LogP contribution in [0.1, 0.15) is 23.2 Å². The van der Waals surface area contributed by atoms with Gasteiger partial charge in [0, 0.05) is 37.4 Å². The van der Waals surface area contributed by atoms with Gasteiger partial charge in [-0.2, -0.15) is 0 Å². The van der Waals surface area contributed by atoms with E-state index in [4.69, 9.17) is 0 Å². The SMILES string of the molecule is CN(C)CCn1c2c(ccc1=O)C[C@H](NCc1cccc(F)c1)CC2. The Morgan fingerprint density at radius 3 is 2.88 bits per heavy atom. The lowest BCUT2D eigenvalue weighted by atomic mass is 9.91. The summed E-state index contributed by atoms with van der Waals surface area (Å²) in [5.41, 5.74) is 3.48. The molecule has 25 heavy (non-hydrogen) atoms. The highest BCUT2D eigenvalue weighted by atomic mass is 19.1. The molecule has 1 aliphatic rings. The van der Waals surface area contributed by atoms with E-state index < -0.39 is 0 Å². The minimum Gasteiger partial charge on any atom is -0.311 e. The largest absolute Gasteiger partial charge is 0.311 e. The van der Waals surface area contributed by atoms with Crippen LogP contribution >= 0.6 is 0 Å². The Bertz CT molecular complexity index is 785. The van der Waals surface area contributed by atoms with Gasteiger partial charge in [0.2, 0.25) is 0 Å². The summed E-state index contributed by atoms with van der Waals surface area (Å²) in [5, 5.41) is 3.53. The second kappa shape index (κ2) is 7.93. The molecule has 3 rings (SSSR count). The third-order valence-electron chi connectivity index (χ3n) is 4.84. The Balaban J connectivity index is 1.67. The molecule has 0 spiro atoms. The molecule has 0 radical (unpaired) electrons. The molecule has 0 bridgehead atoms. The fourth-order valence-corrected chi connectivity index (χ4v) is 3.45. The summed E-state index contributed by atoms with van der Waals surface area (Å²) in [5.74, 6) is -0.196. The molecule has 4 nitrogen and oxygen atoms in total. The smallest absolute Gasteiger partial charge is 0.250 e. The van der Waals surface area contributed by atoms with Gasteiger partial charge < -0.3 is 14.8 Å². The van der Waals surface area contributed by atoms with E-state index in [1.165, 1.54) is 17.3 Å². The first-order valence-corrected chi connectivity index (χ1v) is 8.87.